The van der Waals surface area contributed by atoms with Gasteiger partial charge < -0.3 is 0 Å². The van der Waals surface area contributed by atoms with Gasteiger partial charge in [-0.2, -0.15) is 0 Å². The molecule has 0 saturated carbocycles. The summed E-state index contributed by atoms with van der Waals surface area (Å²) in [5.74, 6) is 0.163. The van der Waals surface area contributed by atoms with Gasteiger partial charge in [-0.3, -0.25) is 4.79 Å². The van der Waals surface area contributed by atoms with Crippen LogP contribution in [0.25, 0.3) is 0 Å². The predicted octanol–water partition coefficient (Wildman–Crippen LogP) is 2.86. The summed E-state index contributed by atoms with van der Waals surface area (Å²) in [6, 6.07) is 1.94. The first kappa shape index (κ1) is 8.20. The summed E-state index contributed by atoms with van der Waals surface area (Å²) < 4.78 is 1.21. The van der Waals surface area contributed by atoms with E-state index in [4.69, 9.17) is 0 Å². The van der Waals surface area contributed by atoms with Crippen molar-refractivity contribution in [1.82, 2.24) is 0 Å². The first-order chi connectivity index (χ1) is 4.61. The van der Waals surface area contributed by atoms with Crippen molar-refractivity contribution < 1.29 is 4.79 Å². The third-order valence-electron chi connectivity index (χ3n) is 1.20. The van der Waals surface area contributed by atoms with Gasteiger partial charge in [-0.05, 0) is 48.1 Å². The molecule has 0 atom stereocenters. The Morgan fingerprint density at radius 1 is 1.70 bits per heavy atom. The van der Waals surface area contributed by atoms with Crippen molar-refractivity contribution in [3.63, 3.8) is 0 Å². The number of hydrogen-bond acceptors (Lipinski definition) is 2. The third-order valence-corrected chi connectivity index (χ3v) is 3.84. The monoisotopic (exact) mass is 266 g/mol. The molecule has 0 radical (unpaired) electrons. The molecule has 0 unspecified atom stereocenters. The Morgan fingerprint density at radius 3 is 2.50 bits per heavy atom. The average molecular weight is 266 g/mol. The molecule has 1 aromatic heterocycles. The van der Waals surface area contributed by atoms with Gasteiger partial charge in [0.05, 0.1) is 7.76 Å². The Hall–Kier alpha value is 0.1000. The number of thiophene rings is 1. The molecule has 0 saturated heterocycles. The van der Waals surface area contributed by atoms with Gasteiger partial charge in [0.25, 0.3) is 0 Å². The normalized spacial score (nSPS) is 9.90. The van der Waals surface area contributed by atoms with Gasteiger partial charge >= 0.3 is 0 Å². The molecule has 10 heavy (non-hydrogen) atoms. The van der Waals surface area contributed by atoms with E-state index in [0.717, 1.165) is 4.88 Å². The molecule has 1 nitrogen and oxygen atoms in total. The Labute approximate surface area is 77.6 Å². The molecule has 0 spiro atoms. The van der Waals surface area contributed by atoms with Crippen LogP contribution in [0, 0.1) is 9.81 Å². The quantitative estimate of drug-likeness (QED) is 0.564. The van der Waals surface area contributed by atoms with Gasteiger partial charge in [0.15, 0.2) is 5.78 Å². The fourth-order valence-electron chi connectivity index (χ4n) is 0.633. The highest BCUT2D eigenvalue weighted by Gasteiger charge is 2.05. The lowest BCUT2D eigenvalue weighted by molar-refractivity contribution is 0.102. The van der Waals surface area contributed by atoms with Gasteiger partial charge in [-0.25, -0.2) is 0 Å². The van der Waals surface area contributed by atoms with Crippen LogP contribution >= 0.6 is 33.9 Å². The van der Waals surface area contributed by atoms with E-state index in [1.807, 2.05) is 13.0 Å². The maximum Gasteiger partial charge on any atom is 0.169 e. The standard InChI is InChI=1S/C7H7IOS/c1-4-3-6(5(2)9)10-7(4)8/h3H,1-2H3. The zero-order valence-electron chi connectivity index (χ0n) is 5.77. The smallest absolute Gasteiger partial charge is 0.169 e. The van der Waals surface area contributed by atoms with E-state index in [9.17, 15) is 4.79 Å². The van der Waals surface area contributed by atoms with E-state index >= 15 is 0 Å². The second-order valence-corrected chi connectivity index (χ2v) is 4.99. The highest BCUT2D eigenvalue weighted by molar-refractivity contribution is 14.1. The molecule has 0 aromatic carbocycles. The molecular weight excluding hydrogens is 259 g/mol. The Kier molecular flexibility index (Phi) is 2.46. The fourth-order valence-corrected chi connectivity index (χ4v) is 2.29. The number of carbonyl (C=O) groups excluding carboxylic acids is 1. The van der Waals surface area contributed by atoms with Crippen LogP contribution in [0.1, 0.15) is 22.2 Å². The topological polar surface area (TPSA) is 17.1 Å². The zero-order chi connectivity index (χ0) is 7.72. The summed E-state index contributed by atoms with van der Waals surface area (Å²) >= 11 is 3.80. The van der Waals surface area contributed by atoms with E-state index in [-0.39, 0.29) is 5.78 Å². The first-order valence-electron chi connectivity index (χ1n) is 2.88. The molecule has 1 rings (SSSR count). The lowest BCUT2D eigenvalue weighted by atomic mass is 10.3. The molecule has 0 aliphatic carbocycles. The predicted molar refractivity (Wildman–Crippen MR) is 51.8 cm³/mol. The van der Waals surface area contributed by atoms with Gasteiger partial charge in [-0.1, -0.05) is 0 Å². The van der Waals surface area contributed by atoms with Crippen molar-refractivity contribution in [3.8, 4) is 0 Å². The van der Waals surface area contributed by atoms with E-state index < -0.39 is 0 Å². The molecule has 54 valence electrons. The molecular formula is C7H7IOS. The van der Waals surface area contributed by atoms with Gasteiger partial charge in [0, 0.05) is 0 Å². The van der Waals surface area contributed by atoms with Gasteiger partial charge in [0.1, 0.15) is 0 Å². The molecule has 0 bridgehead atoms. The van der Waals surface area contributed by atoms with E-state index in [0.29, 0.717) is 0 Å². The van der Waals surface area contributed by atoms with Crippen LogP contribution in [0.4, 0.5) is 0 Å². The number of Topliss-reactive ketones (excluding diaryl/α,β-unsaturated/α-hetero) is 1. The first-order valence-corrected chi connectivity index (χ1v) is 4.77. The van der Waals surface area contributed by atoms with Gasteiger partial charge in [-0.15, -0.1) is 11.3 Å². The molecule has 0 amide bonds. The van der Waals surface area contributed by atoms with Crippen LogP contribution in [0.2, 0.25) is 0 Å². The lowest BCUT2D eigenvalue weighted by Crippen LogP contribution is -1.83. The van der Waals surface area contributed by atoms with Crippen LogP contribution in [0.5, 0.6) is 0 Å². The fraction of sp³-hybridized carbons (Fsp3) is 0.286. The van der Waals surface area contributed by atoms with Crippen molar-refractivity contribution >= 4 is 39.7 Å². The number of hydrogen-bond donors (Lipinski definition) is 0. The Balaban J connectivity index is 3.10. The SMILES string of the molecule is CC(=O)c1cc(C)c(I)s1. The summed E-state index contributed by atoms with van der Waals surface area (Å²) in [5, 5.41) is 0. The second kappa shape index (κ2) is 3.00. The van der Waals surface area contributed by atoms with E-state index in [1.54, 1.807) is 18.3 Å². The minimum Gasteiger partial charge on any atom is -0.294 e. The number of aryl methyl sites for hydroxylation is 1. The number of rotatable bonds is 1. The second-order valence-electron chi connectivity index (χ2n) is 2.12. The largest absolute Gasteiger partial charge is 0.294 e. The van der Waals surface area contributed by atoms with Crippen LogP contribution < -0.4 is 0 Å². The molecule has 1 heterocycles. The molecule has 3 heteroatoms. The van der Waals surface area contributed by atoms with Crippen LogP contribution in [-0.2, 0) is 0 Å². The zero-order valence-corrected chi connectivity index (χ0v) is 8.75. The number of carbonyl (C=O) groups is 1. The Morgan fingerprint density at radius 2 is 2.30 bits per heavy atom. The van der Waals surface area contributed by atoms with Crippen molar-refractivity contribution in [3.05, 3.63) is 19.4 Å². The van der Waals surface area contributed by atoms with Crippen molar-refractivity contribution in [2.24, 2.45) is 0 Å². The highest BCUT2D eigenvalue weighted by atomic mass is 127. The van der Waals surface area contributed by atoms with Crippen molar-refractivity contribution in [2.45, 2.75) is 13.8 Å². The third kappa shape index (κ3) is 1.58. The maximum atomic E-state index is 10.8. The molecule has 0 fully saturated rings. The maximum absolute atomic E-state index is 10.8. The number of halogens is 1. The van der Waals surface area contributed by atoms with E-state index in [1.165, 1.54) is 8.45 Å². The van der Waals surface area contributed by atoms with Crippen molar-refractivity contribution in [1.29, 1.82) is 0 Å². The van der Waals surface area contributed by atoms with Crippen LogP contribution in [0.3, 0.4) is 0 Å². The lowest BCUT2D eigenvalue weighted by Gasteiger charge is -1.80. The highest BCUT2D eigenvalue weighted by Crippen LogP contribution is 2.23. The minimum absolute atomic E-state index is 0.163. The molecule has 1 aromatic rings. The molecule has 0 N–H and O–H groups in total. The number of ketones is 1. The summed E-state index contributed by atoms with van der Waals surface area (Å²) in [6.45, 7) is 3.62. The molecule has 0 aliphatic rings. The van der Waals surface area contributed by atoms with Crippen LogP contribution in [0.15, 0.2) is 6.07 Å². The Bertz CT molecular complexity index is 245. The van der Waals surface area contributed by atoms with E-state index in [2.05, 4.69) is 22.6 Å². The summed E-state index contributed by atoms with van der Waals surface area (Å²) in [7, 11) is 0. The van der Waals surface area contributed by atoms with Crippen LogP contribution in [-0.4, -0.2) is 5.78 Å². The average Bonchev–Trinajstić information content (AvgIpc) is 2.13. The summed E-state index contributed by atoms with van der Waals surface area (Å²) in [4.78, 5) is 11.7. The minimum atomic E-state index is 0.163. The van der Waals surface area contributed by atoms with Gasteiger partial charge in [0.2, 0.25) is 0 Å². The van der Waals surface area contributed by atoms with Crippen molar-refractivity contribution in [2.75, 3.05) is 0 Å². The molecule has 0 aliphatic heterocycles. The summed E-state index contributed by atoms with van der Waals surface area (Å²) in [6.07, 6.45) is 0. The summed E-state index contributed by atoms with van der Waals surface area (Å²) in [5.41, 5.74) is 1.20.